The summed E-state index contributed by atoms with van der Waals surface area (Å²) in [6, 6.07) is 0.167. The van der Waals surface area contributed by atoms with Gasteiger partial charge in [-0.1, -0.05) is 0 Å². The van der Waals surface area contributed by atoms with Gasteiger partial charge in [0.05, 0.1) is 31.1 Å². The van der Waals surface area contributed by atoms with Gasteiger partial charge in [-0.15, -0.1) is 0 Å². The fourth-order valence-electron chi connectivity index (χ4n) is 2.26. The van der Waals surface area contributed by atoms with Gasteiger partial charge in [0.2, 0.25) is 0 Å². The Morgan fingerprint density at radius 2 is 2.26 bits per heavy atom. The maximum Gasteiger partial charge on any atom is 0.356 e. The van der Waals surface area contributed by atoms with Crippen LogP contribution in [0.3, 0.4) is 0 Å². The highest BCUT2D eigenvalue weighted by atomic mass is 16.5. The average molecular weight is 267 g/mol. The van der Waals surface area contributed by atoms with Crippen LogP contribution in [0, 0.1) is 0 Å². The van der Waals surface area contributed by atoms with E-state index in [1.165, 1.54) is 12.4 Å². The minimum Gasteiger partial charge on any atom is -0.476 e. The Kier molecular flexibility index (Phi) is 4.28. The summed E-state index contributed by atoms with van der Waals surface area (Å²) in [5.41, 5.74) is -0.0606. The van der Waals surface area contributed by atoms with E-state index in [9.17, 15) is 4.79 Å². The molecule has 0 bridgehead atoms. The molecule has 7 heteroatoms. The molecule has 0 unspecified atom stereocenters. The highest BCUT2D eigenvalue weighted by molar-refractivity contribution is 5.84. The van der Waals surface area contributed by atoms with E-state index in [1.54, 1.807) is 14.2 Å². The number of carboxylic acids is 1. The monoisotopic (exact) mass is 267 g/mol. The Morgan fingerprint density at radius 3 is 2.79 bits per heavy atom. The summed E-state index contributed by atoms with van der Waals surface area (Å²) >= 11 is 0. The number of hydrogen-bond acceptors (Lipinski definition) is 6. The molecule has 1 aromatic heterocycles. The fourth-order valence-corrected chi connectivity index (χ4v) is 2.26. The van der Waals surface area contributed by atoms with E-state index in [1.807, 2.05) is 4.90 Å². The van der Waals surface area contributed by atoms with Crippen LogP contribution < -0.4 is 4.90 Å². The first kappa shape index (κ1) is 13.7. The first-order valence-corrected chi connectivity index (χ1v) is 5.99. The zero-order chi connectivity index (χ0) is 13.8. The van der Waals surface area contributed by atoms with Gasteiger partial charge < -0.3 is 19.5 Å². The second-order valence-corrected chi connectivity index (χ2v) is 4.42. The lowest BCUT2D eigenvalue weighted by molar-refractivity contribution is 0.0690. The molecule has 1 saturated heterocycles. The molecule has 0 amide bonds. The third-order valence-electron chi connectivity index (χ3n) is 3.22. The number of carbonyl (C=O) groups is 1. The molecule has 0 radical (unpaired) electrons. The summed E-state index contributed by atoms with van der Waals surface area (Å²) < 4.78 is 10.6. The molecule has 0 spiro atoms. The Labute approximate surface area is 111 Å². The summed E-state index contributed by atoms with van der Waals surface area (Å²) in [5, 5.41) is 8.80. The van der Waals surface area contributed by atoms with Gasteiger partial charge in [-0.3, -0.25) is 0 Å². The van der Waals surface area contributed by atoms with Crippen LogP contribution in [0.1, 0.15) is 16.9 Å². The van der Waals surface area contributed by atoms with Crippen LogP contribution in [0.4, 0.5) is 5.82 Å². The summed E-state index contributed by atoms with van der Waals surface area (Å²) in [5.74, 6) is -0.435. The van der Waals surface area contributed by atoms with Crippen LogP contribution in [0.25, 0.3) is 0 Å². The molecule has 104 valence electrons. The van der Waals surface area contributed by atoms with Gasteiger partial charge in [0.15, 0.2) is 5.69 Å². The van der Waals surface area contributed by atoms with Gasteiger partial charge in [-0.2, -0.15) is 0 Å². The molecule has 2 heterocycles. The third kappa shape index (κ3) is 2.99. The summed E-state index contributed by atoms with van der Waals surface area (Å²) in [4.78, 5) is 20.8. The van der Waals surface area contributed by atoms with Crippen molar-refractivity contribution in [2.24, 2.45) is 0 Å². The number of hydrogen-bond donors (Lipinski definition) is 1. The molecule has 0 aliphatic carbocycles. The van der Waals surface area contributed by atoms with E-state index in [0.717, 1.165) is 6.42 Å². The summed E-state index contributed by atoms with van der Waals surface area (Å²) in [7, 11) is 3.33. The second kappa shape index (κ2) is 5.94. The van der Waals surface area contributed by atoms with Crippen LogP contribution in [0.2, 0.25) is 0 Å². The highest BCUT2D eigenvalue weighted by Gasteiger charge is 2.33. The number of anilines is 1. The first-order valence-electron chi connectivity index (χ1n) is 5.99. The molecule has 0 aromatic carbocycles. The summed E-state index contributed by atoms with van der Waals surface area (Å²) in [6.07, 6.45) is 3.72. The zero-order valence-corrected chi connectivity index (χ0v) is 10.9. The van der Waals surface area contributed by atoms with Gasteiger partial charge >= 0.3 is 5.97 Å². The van der Waals surface area contributed by atoms with Gasteiger partial charge in [0.25, 0.3) is 0 Å². The van der Waals surface area contributed by atoms with Crippen molar-refractivity contribution in [3.8, 4) is 0 Å². The van der Waals surface area contributed by atoms with Gasteiger partial charge in [0.1, 0.15) is 5.82 Å². The number of nitrogens with zero attached hydrogens (tertiary/aromatic N) is 3. The average Bonchev–Trinajstić information content (AvgIpc) is 2.82. The van der Waals surface area contributed by atoms with E-state index >= 15 is 0 Å². The predicted molar refractivity (Wildman–Crippen MR) is 67.4 cm³/mol. The van der Waals surface area contributed by atoms with Crippen molar-refractivity contribution in [1.29, 1.82) is 0 Å². The van der Waals surface area contributed by atoms with Crippen molar-refractivity contribution in [3.05, 3.63) is 18.1 Å². The molecular weight excluding hydrogens is 250 g/mol. The van der Waals surface area contributed by atoms with E-state index in [2.05, 4.69) is 9.97 Å². The second-order valence-electron chi connectivity index (χ2n) is 4.42. The van der Waals surface area contributed by atoms with Crippen molar-refractivity contribution < 1.29 is 19.4 Å². The van der Waals surface area contributed by atoms with Gasteiger partial charge in [-0.05, 0) is 6.42 Å². The Morgan fingerprint density at radius 1 is 1.47 bits per heavy atom. The predicted octanol–water partition coefficient (Wildman–Crippen LogP) is 0.415. The van der Waals surface area contributed by atoms with Crippen molar-refractivity contribution in [2.75, 3.05) is 32.3 Å². The van der Waals surface area contributed by atoms with E-state index in [0.29, 0.717) is 19.0 Å². The fraction of sp³-hybridized carbons (Fsp3) is 0.583. The standard InChI is InChI=1S/C12H17N3O4/c1-18-7-8-3-9(19-2)6-15(8)11-5-13-10(4-14-11)12(16)17/h4-5,8-9H,3,6-7H2,1-2H3,(H,16,17)/t8-,9-/m0/s1. The maximum absolute atomic E-state index is 10.7. The maximum atomic E-state index is 10.7. The minimum absolute atomic E-state index is 0.0606. The molecule has 1 fully saturated rings. The van der Waals surface area contributed by atoms with Crippen LogP contribution in [-0.4, -0.2) is 60.6 Å². The largest absolute Gasteiger partial charge is 0.476 e. The van der Waals surface area contributed by atoms with Crippen LogP contribution >= 0.6 is 0 Å². The smallest absolute Gasteiger partial charge is 0.356 e. The number of carboxylic acid groups (broad SMARTS) is 1. The van der Waals surface area contributed by atoms with Crippen LogP contribution in [0.5, 0.6) is 0 Å². The van der Waals surface area contributed by atoms with Gasteiger partial charge in [-0.25, -0.2) is 14.8 Å². The van der Waals surface area contributed by atoms with Crippen molar-refractivity contribution in [1.82, 2.24) is 9.97 Å². The number of aromatic nitrogens is 2. The van der Waals surface area contributed by atoms with E-state index < -0.39 is 5.97 Å². The number of methoxy groups -OCH3 is 2. The molecule has 1 aliphatic heterocycles. The van der Waals surface area contributed by atoms with Crippen molar-refractivity contribution >= 4 is 11.8 Å². The topological polar surface area (TPSA) is 84.8 Å². The lowest BCUT2D eigenvalue weighted by Crippen LogP contribution is -2.33. The Hall–Kier alpha value is -1.73. The molecule has 1 aromatic rings. The lowest BCUT2D eigenvalue weighted by Gasteiger charge is -2.24. The van der Waals surface area contributed by atoms with Crippen molar-refractivity contribution in [3.63, 3.8) is 0 Å². The molecule has 19 heavy (non-hydrogen) atoms. The Balaban J connectivity index is 2.16. The van der Waals surface area contributed by atoms with Crippen LogP contribution in [0.15, 0.2) is 12.4 Å². The number of aromatic carboxylic acids is 1. The Bertz CT molecular complexity index is 437. The lowest BCUT2D eigenvalue weighted by atomic mass is 10.2. The molecule has 7 nitrogen and oxygen atoms in total. The van der Waals surface area contributed by atoms with Crippen molar-refractivity contribution in [2.45, 2.75) is 18.6 Å². The van der Waals surface area contributed by atoms with Crippen LogP contribution in [-0.2, 0) is 9.47 Å². The summed E-state index contributed by atoms with van der Waals surface area (Å²) in [6.45, 7) is 1.27. The first-order chi connectivity index (χ1) is 9.15. The molecular formula is C12H17N3O4. The normalized spacial score (nSPS) is 22.7. The minimum atomic E-state index is -1.08. The van der Waals surface area contributed by atoms with E-state index in [4.69, 9.17) is 14.6 Å². The molecule has 0 saturated carbocycles. The third-order valence-corrected chi connectivity index (χ3v) is 3.22. The highest BCUT2D eigenvalue weighted by Crippen LogP contribution is 2.25. The molecule has 2 atom stereocenters. The van der Waals surface area contributed by atoms with Gasteiger partial charge in [0, 0.05) is 20.8 Å². The molecule has 1 aliphatic rings. The van der Waals surface area contributed by atoms with E-state index in [-0.39, 0.29) is 17.8 Å². The molecule has 1 N–H and O–H groups in total. The number of ether oxygens (including phenoxy) is 2. The SMILES string of the molecule is COC[C@@H]1C[C@H](OC)CN1c1cnc(C(=O)O)cn1. The quantitative estimate of drug-likeness (QED) is 0.827. The zero-order valence-electron chi connectivity index (χ0n) is 10.9. The molecule has 2 rings (SSSR count). The number of rotatable bonds is 5.